The molecule has 1 fully saturated rings. The van der Waals surface area contributed by atoms with Gasteiger partial charge in [0.15, 0.2) is 5.82 Å². The number of anilines is 1. The van der Waals surface area contributed by atoms with Crippen molar-refractivity contribution in [3.63, 3.8) is 0 Å². The van der Waals surface area contributed by atoms with Gasteiger partial charge < -0.3 is 15.7 Å². The van der Waals surface area contributed by atoms with Crippen LogP contribution in [0.1, 0.15) is 13.4 Å². The lowest BCUT2D eigenvalue weighted by atomic mass is 10.0. The van der Waals surface area contributed by atoms with E-state index in [1.807, 2.05) is 18.2 Å². The van der Waals surface area contributed by atoms with Gasteiger partial charge in [-0.05, 0) is 24.3 Å². The number of hydrogen-bond donors (Lipinski definition) is 2. The highest BCUT2D eigenvalue weighted by molar-refractivity contribution is 5.91. The summed E-state index contributed by atoms with van der Waals surface area (Å²) in [6, 6.07) is 10.8. The number of carbonyl (C=O) groups excluding carboxylic acids is 1. The summed E-state index contributed by atoms with van der Waals surface area (Å²) in [5.41, 5.74) is 7.20. The molecule has 1 saturated heterocycles. The van der Waals surface area contributed by atoms with E-state index in [0.717, 1.165) is 5.56 Å². The number of fused-ring (bicyclic) bond motifs is 1. The van der Waals surface area contributed by atoms with E-state index >= 15 is 0 Å². The Morgan fingerprint density at radius 2 is 2.24 bits per heavy atom. The zero-order chi connectivity index (χ0) is 21.3. The van der Waals surface area contributed by atoms with E-state index < -0.39 is 11.5 Å². The molecule has 1 aliphatic rings. The van der Waals surface area contributed by atoms with Crippen molar-refractivity contribution in [2.45, 2.75) is 12.0 Å². The number of nitrogens with zero attached hydrogens (tertiary/aromatic N) is 4. The summed E-state index contributed by atoms with van der Waals surface area (Å²) in [6.07, 6.45) is 1.73. The van der Waals surface area contributed by atoms with Crippen LogP contribution >= 0.6 is 0 Å². The van der Waals surface area contributed by atoms with E-state index in [-0.39, 0.29) is 18.5 Å². The fourth-order valence-electron chi connectivity index (χ4n) is 3.22. The Labute approximate surface area is 169 Å². The number of nitrogen functional groups attached to an aromatic ring is 1. The number of rotatable bonds is 3. The highest BCUT2D eigenvalue weighted by Gasteiger charge is 2.43. The lowest BCUT2D eigenvalue weighted by Crippen LogP contribution is -2.38. The lowest BCUT2D eigenvalue weighted by molar-refractivity contribution is -0.138. The third-order valence-electron chi connectivity index (χ3n) is 4.76. The van der Waals surface area contributed by atoms with Crippen LogP contribution in [0.4, 0.5) is 5.82 Å². The SMILES string of the molecule is [2H]c1nc(N)c2nc(-c3cccc(C#C[C@]4(O)CCN(CC=C)C4=O)c3)ccc2n1. The van der Waals surface area contributed by atoms with Gasteiger partial charge in [0.25, 0.3) is 5.91 Å². The van der Waals surface area contributed by atoms with E-state index in [1.165, 1.54) is 4.90 Å². The minimum absolute atomic E-state index is 0.147. The van der Waals surface area contributed by atoms with Gasteiger partial charge >= 0.3 is 0 Å². The third kappa shape index (κ3) is 3.53. The van der Waals surface area contributed by atoms with Crippen LogP contribution in [0.25, 0.3) is 22.3 Å². The fraction of sp³-hybridized carbons (Fsp3) is 0.182. The van der Waals surface area contributed by atoms with Crippen molar-refractivity contribution in [2.75, 3.05) is 18.8 Å². The third-order valence-corrected chi connectivity index (χ3v) is 4.76. The van der Waals surface area contributed by atoms with Crippen LogP contribution < -0.4 is 5.73 Å². The Balaban J connectivity index is 1.65. The molecule has 144 valence electrons. The summed E-state index contributed by atoms with van der Waals surface area (Å²) >= 11 is 0. The highest BCUT2D eigenvalue weighted by atomic mass is 16.3. The molecule has 0 unspecified atom stereocenters. The molecule has 7 nitrogen and oxygen atoms in total. The predicted molar refractivity (Wildman–Crippen MR) is 110 cm³/mol. The number of aliphatic hydroxyl groups is 1. The predicted octanol–water partition coefficient (Wildman–Crippen LogP) is 1.77. The van der Waals surface area contributed by atoms with Gasteiger partial charge in [-0.25, -0.2) is 15.0 Å². The largest absolute Gasteiger partial charge is 0.382 e. The lowest BCUT2D eigenvalue weighted by Gasteiger charge is -2.16. The second-order valence-corrected chi connectivity index (χ2v) is 6.75. The van der Waals surface area contributed by atoms with E-state index in [0.29, 0.717) is 35.4 Å². The van der Waals surface area contributed by atoms with Crippen LogP contribution in [-0.4, -0.2) is 49.6 Å². The van der Waals surface area contributed by atoms with Crippen LogP contribution in [0.15, 0.2) is 55.4 Å². The molecule has 0 saturated carbocycles. The number of pyridine rings is 1. The molecule has 1 amide bonds. The van der Waals surface area contributed by atoms with Crippen LogP contribution in [0.3, 0.4) is 0 Å². The minimum atomic E-state index is -1.68. The van der Waals surface area contributed by atoms with Gasteiger partial charge in [-0.2, -0.15) is 0 Å². The van der Waals surface area contributed by atoms with Gasteiger partial charge in [-0.1, -0.05) is 30.0 Å². The molecule has 29 heavy (non-hydrogen) atoms. The Bertz CT molecular complexity index is 1230. The van der Waals surface area contributed by atoms with Crippen molar-refractivity contribution in [1.29, 1.82) is 0 Å². The van der Waals surface area contributed by atoms with Gasteiger partial charge in [0.2, 0.25) is 5.60 Å². The first-order valence-corrected chi connectivity index (χ1v) is 9.07. The maximum atomic E-state index is 12.4. The van der Waals surface area contributed by atoms with E-state index in [9.17, 15) is 9.90 Å². The Morgan fingerprint density at radius 3 is 3.07 bits per heavy atom. The summed E-state index contributed by atoms with van der Waals surface area (Å²) in [6.45, 7) is 4.46. The van der Waals surface area contributed by atoms with Crippen LogP contribution in [-0.2, 0) is 4.79 Å². The molecule has 4 rings (SSSR count). The quantitative estimate of drug-likeness (QED) is 0.525. The number of amides is 1. The van der Waals surface area contributed by atoms with Gasteiger partial charge in [0.05, 0.1) is 11.2 Å². The first-order chi connectivity index (χ1) is 14.4. The molecule has 1 aromatic carbocycles. The molecule has 3 heterocycles. The van der Waals surface area contributed by atoms with Crippen molar-refractivity contribution >= 4 is 22.8 Å². The molecule has 3 aromatic rings. The molecular formula is C22H19N5O2. The van der Waals surface area contributed by atoms with Crippen molar-refractivity contribution in [2.24, 2.45) is 0 Å². The summed E-state index contributed by atoms with van der Waals surface area (Å²) in [5, 5.41) is 10.6. The van der Waals surface area contributed by atoms with Crippen LogP contribution in [0, 0.1) is 11.8 Å². The number of hydrogen-bond acceptors (Lipinski definition) is 6. The average molecular weight is 386 g/mol. The Morgan fingerprint density at radius 1 is 1.38 bits per heavy atom. The number of aromatic nitrogens is 3. The second kappa shape index (κ2) is 7.34. The maximum absolute atomic E-state index is 12.4. The zero-order valence-corrected chi connectivity index (χ0v) is 15.6. The van der Waals surface area contributed by atoms with Crippen molar-refractivity contribution < 1.29 is 11.3 Å². The number of benzene rings is 1. The first-order valence-electron chi connectivity index (χ1n) is 9.57. The fourth-order valence-corrected chi connectivity index (χ4v) is 3.22. The highest BCUT2D eigenvalue weighted by Crippen LogP contribution is 2.24. The van der Waals surface area contributed by atoms with Crippen molar-refractivity contribution in [3.05, 3.63) is 60.9 Å². The number of likely N-dealkylation sites (tertiary alicyclic amines) is 1. The molecular weight excluding hydrogens is 366 g/mol. The molecule has 1 atom stereocenters. The van der Waals surface area contributed by atoms with Gasteiger partial charge in [0, 0.05) is 30.6 Å². The Hall–Kier alpha value is -3.76. The first kappa shape index (κ1) is 17.3. The summed E-state index contributed by atoms with van der Waals surface area (Å²) in [4.78, 5) is 26.3. The standard InChI is InChI=1S/C22H19N5O2/c1-2-11-27-12-10-22(29,21(27)28)9-8-15-4-3-5-16(13-15)17-6-7-18-19(26-17)20(23)25-14-24-18/h2-7,13-14,29H,1,10-12H2,(H2,23,24,25)/t22-/m0/s1/i14D. The van der Waals surface area contributed by atoms with E-state index in [2.05, 4.69) is 33.4 Å². The normalized spacial score (nSPS) is 19.0. The zero-order valence-electron chi connectivity index (χ0n) is 16.6. The molecule has 0 spiro atoms. The topological polar surface area (TPSA) is 105 Å². The number of carbonyl (C=O) groups is 1. The molecule has 0 radical (unpaired) electrons. The maximum Gasteiger partial charge on any atom is 0.267 e. The van der Waals surface area contributed by atoms with Gasteiger partial charge in [-0.3, -0.25) is 4.79 Å². The summed E-state index contributed by atoms with van der Waals surface area (Å²) in [5.74, 6) is 5.40. The van der Waals surface area contributed by atoms with Crippen molar-refractivity contribution in [3.8, 4) is 23.1 Å². The molecule has 7 heteroatoms. The summed E-state index contributed by atoms with van der Waals surface area (Å²) in [7, 11) is 0. The molecule has 2 aromatic heterocycles. The molecule has 0 aliphatic carbocycles. The summed E-state index contributed by atoms with van der Waals surface area (Å²) < 4.78 is 7.55. The van der Waals surface area contributed by atoms with Gasteiger partial charge in [-0.15, -0.1) is 6.58 Å². The van der Waals surface area contributed by atoms with E-state index in [1.54, 1.807) is 24.3 Å². The van der Waals surface area contributed by atoms with Crippen LogP contribution in [0.5, 0.6) is 0 Å². The number of nitrogens with two attached hydrogens (primary N) is 1. The van der Waals surface area contributed by atoms with E-state index in [4.69, 9.17) is 7.10 Å². The monoisotopic (exact) mass is 386 g/mol. The molecule has 1 aliphatic heterocycles. The smallest absolute Gasteiger partial charge is 0.267 e. The van der Waals surface area contributed by atoms with Crippen LogP contribution in [0.2, 0.25) is 0 Å². The molecule has 0 bridgehead atoms. The molecule has 3 N–H and O–H groups in total. The van der Waals surface area contributed by atoms with Gasteiger partial charge in [0.1, 0.15) is 13.2 Å². The minimum Gasteiger partial charge on any atom is -0.382 e. The Kier molecular flexibility index (Phi) is 4.39. The van der Waals surface area contributed by atoms with Crippen molar-refractivity contribution in [1.82, 2.24) is 19.9 Å². The second-order valence-electron chi connectivity index (χ2n) is 6.75. The average Bonchev–Trinajstić information content (AvgIpc) is 3.01.